The van der Waals surface area contributed by atoms with Gasteiger partial charge < -0.3 is 11.1 Å². The Kier molecular flexibility index (Phi) is 4.39. The molecule has 6 nitrogen and oxygen atoms in total. The second-order valence-electron chi connectivity index (χ2n) is 4.07. The van der Waals surface area contributed by atoms with Crippen molar-refractivity contribution < 1.29 is 8.42 Å². The molecule has 0 aliphatic heterocycles. The summed E-state index contributed by atoms with van der Waals surface area (Å²) < 4.78 is 23.7. The van der Waals surface area contributed by atoms with E-state index in [0.29, 0.717) is 18.7 Å². The van der Waals surface area contributed by atoms with Gasteiger partial charge in [-0.15, -0.1) is 0 Å². The smallest absolute Gasteiger partial charge is 0.148 e. The predicted octanol–water partition coefficient (Wildman–Crippen LogP) is 0.640. The van der Waals surface area contributed by atoms with E-state index in [-0.39, 0.29) is 5.75 Å². The third-order valence-electron chi connectivity index (χ3n) is 2.46. The molecule has 1 aromatic rings. The number of rotatable bonds is 6. The van der Waals surface area contributed by atoms with E-state index >= 15 is 0 Å². The van der Waals surface area contributed by atoms with Crippen molar-refractivity contribution >= 4 is 21.3 Å². The van der Waals surface area contributed by atoms with Crippen molar-refractivity contribution in [1.29, 1.82) is 0 Å². The Balaban J connectivity index is 2.57. The number of aryl methyl sites for hydroxylation is 2. The number of nitrogens with two attached hydrogens (primary N) is 1. The van der Waals surface area contributed by atoms with Crippen LogP contribution in [0.3, 0.4) is 0 Å². The highest BCUT2D eigenvalue weighted by molar-refractivity contribution is 7.90. The summed E-state index contributed by atoms with van der Waals surface area (Å²) in [6, 6.07) is 0. The van der Waals surface area contributed by atoms with Gasteiger partial charge in [-0.1, -0.05) is 0 Å². The second kappa shape index (κ2) is 5.39. The Morgan fingerprint density at radius 2 is 2.12 bits per heavy atom. The summed E-state index contributed by atoms with van der Waals surface area (Å²) in [5.41, 5.74) is 7.30. The van der Waals surface area contributed by atoms with Gasteiger partial charge >= 0.3 is 0 Å². The number of nitrogens with zero attached hydrogens (tertiary/aromatic N) is 2. The molecule has 0 bridgehead atoms. The third kappa shape index (κ3) is 3.92. The van der Waals surface area contributed by atoms with Crippen LogP contribution in [0.5, 0.6) is 0 Å². The molecule has 17 heavy (non-hydrogen) atoms. The molecule has 1 aromatic heterocycles. The summed E-state index contributed by atoms with van der Waals surface area (Å²) in [5, 5.41) is 7.40. The van der Waals surface area contributed by atoms with Gasteiger partial charge in [-0.2, -0.15) is 5.10 Å². The standard InChI is InChI=1S/C10H20N4O2S/c1-4-14-10(9(11)8(2)13-14)12-6-5-7-17(3,15)16/h12H,4-7,11H2,1-3H3. The van der Waals surface area contributed by atoms with Crippen molar-refractivity contribution in [2.45, 2.75) is 26.8 Å². The zero-order chi connectivity index (χ0) is 13.1. The molecule has 0 unspecified atom stereocenters. The van der Waals surface area contributed by atoms with Crippen LogP contribution < -0.4 is 11.1 Å². The second-order valence-corrected chi connectivity index (χ2v) is 6.33. The SMILES string of the molecule is CCn1nc(C)c(N)c1NCCCS(C)(=O)=O. The molecule has 0 radical (unpaired) electrons. The lowest BCUT2D eigenvalue weighted by Gasteiger charge is -2.08. The monoisotopic (exact) mass is 260 g/mol. The fraction of sp³-hybridized carbons (Fsp3) is 0.700. The normalized spacial score (nSPS) is 11.7. The average molecular weight is 260 g/mol. The molecule has 0 spiro atoms. The molecule has 3 N–H and O–H groups in total. The van der Waals surface area contributed by atoms with Gasteiger partial charge in [0.2, 0.25) is 0 Å². The summed E-state index contributed by atoms with van der Waals surface area (Å²) in [6.45, 7) is 5.13. The first-order valence-electron chi connectivity index (χ1n) is 5.59. The number of hydrogen-bond acceptors (Lipinski definition) is 5. The minimum atomic E-state index is -2.89. The summed E-state index contributed by atoms with van der Waals surface area (Å²) in [6.07, 6.45) is 1.80. The molecule has 0 saturated carbocycles. The van der Waals surface area contributed by atoms with E-state index in [1.165, 1.54) is 6.26 Å². The van der Waals surface area contributed by atoms with E-state index in [2.05, 4.69) is 10.4 Å². The Hall–Kier alpha value is -1.24. The van der Waals surface area contributed by atoms with Crippen molar-refractivity contribution in [3.8, 4) is 0 Å². The zero-order valence-corrected chi connectivity index (χ0v) is 11.3. The maximum absolute atomic E-state index is 11.0. The van der Waals surface area contributed by atoms with E-state index in [0.717, 1.165) is 18.1 Å². The largest absolute Gasteiger partial charge is 0.394 e. The van der Waals surface area contributed by atoms with Crippen LogP contribution in [0.15, 0.2) is 0 Å². The fourth-order valence-corrected chi connectivity index (χ4v) is 2.22. The van der Waals surface area contributed by atoms with E-state index < -0.39 is 9.84 Å². The maximum Gasteiger partial charge on any atom is 0.148 e. The predicted molar refractivity (Wildman–Crippen MR) is 69.9 cm³/mol. The molecule has 1 rings (SSSR count). The highest BCUT2D eigenvalue weighted by Crippen LogP contribution is 2.21. The quantitative estimate of drug-likeness (QED) is 0.733. The third-order valence-corrected chi connectivity index (χ3v) is 3.49. The molecule has 0 atom stereocenters. The van der Waals surface area contributed by atoms with E-state index in [4.69, 9.17) is 5.73 Å². The van der Waals surface area contributed by atoms with Crippen molar-refractivity contribution in [3.05, 3.63) is 5.69 Å². The molecule has 1 heterocycles. The summed E-state index contributed by atoms with van der Waals surface area (Å²) in [4.78, 5) is 0. The molecular formula is C10H20N4O2S. The number of sulfone groups is 1. The van der Waals surface area contributed by atoms with Crippen LogP contribution in [-0.2, 0) is 16.4 Å². The molecule has 0 aromatic carbocycles. The van der Waals surface area contributed by atoms with Crippen LogP contribution in [-0.4, -0.2) is 36.8 Å². The van der Waals surface area contributed by atoms with Crippen LogP contribution >= 0.6 is 0 Å². The van der Waals surface area contributed by atoms with Crippen molar-refractivity contribution in [1.82, 2.24) is 9.78 Å². The number of nitrogens with one attached hydrogen (secondary N) is 1. The van der Waals surface area contributed by atoms with Crippen LogP contribution in [0.4, 0.5) is 11.5 Å². The van der Waals surface area contributed by atoms with Crippen LogP contribution in [0, 0.1) is 6.92 Å². The number of nitrogen functional groups attached to an aromatic ring is 1. The van der Waals surface area contributed by atoms with Crippen molar-refractivity contribution in [3.63, 3.8) is 0 Å². The van der Waals surface area contributed by atoms with Crippen LogP contribution in [0.25, 0.3) is 0 Å². The molecule has 0 saturated heterocycles. The first-order chi connectivity index (χ1) is 7.85. The molecule has 7 heteroatoms. The Morgan fingerprint density at radius 1 is 1.47 bits per heavy atom. The zero-order valence-electron chi connectivity index (χ0n) is 10.5. The fourth-order valence-electron chi connectivity index (χ4n) is 1.55. The summed E-state index contributed by atoms with van der Waals surface area (Å²) >= 11 is 0. The van der Waals surface area contributed by atoms with Gasteiger partial charge in [-0.3, -0.25) is 0 Å². The van der Waals surface area contributed by atoms with Gasteiger partial charge in [0, 0.05) is 19.3 Å². The summed E-state index contributed by atoms with van der Waals surface area (Å²) in [5.74, 6) is 0.956. The van der Waals surface area contributed by atoms with Gasteiger partial charge in [-0.25, -0.2) is 13.1 Å². The number of aromatic nitrogens is 2. The molecule has 0 aliphatic rings. The van der Waals surface area contributed by atoms with Gasteiger partial charge in [-0.05, 0) is 20.3 Å². The van der Waals surface area contributed by atoms with Crippen LogP contribution in [0.1, 0.15) is 19.0 Å². The van der Waals surface area contributed by atoms with Gasteiger partial charge in [0.1, 0.15) is 15.7 Å². The maximum atomic E-state index is 11.0. The lowest BCUT2D eigenvalue weighted by atomic mass is 10.4. The lowest BCUT2D eigenvalue weighted by molar-refractivity contribution is 0.599. The summed E-state index contributed by atoms with van der Waals surface area (Å²) in [7, 11) is -2.89. The topological polar surface area (TPSA) is 90.0 Å². The molecule has 0 amide bonds. The van der Waals surface area contributed by atoms with Crippen LogP contribution in [0.2, 0.25) is 0 Å². The number of hydrogen-bond donors (Lipinski definition) is 2. The van der Waals surface area contributed by atoms with Gasteiger partial charge in [0.05, 0.1) is 17.1 Å². The minimum absolute atomic E-state index is 0.180. The van der Waals surface area contributed by atoms with Crippen molar-refractivity contribution in [2.24, 2.45) is 0 Å². The van der Waals surface area contributed by atoms with Gasteiger partial charge in [0.25, 0.3) is 0 Å². The van der Waals surface area contributed by atoms with E-state index in [9.17, 15) is 8.42 Å². The van der Waals surface area contributed by atoms with E-state index in [1.807, 2.05) is 13.8 Å². The Bertz CT molecular complexity index is 479. The Morgan fingerprint density at radius 3 is 2.65 bits per heavy atom. The molecule has 98 valence electrons. The minimum Gasteiger partial charge on any atom is -0.394 e. The molecule has 0 fully saturated rings. The highest BCUT2D eigenvalue weighted by Gasteiger charge is 2.10. The first kappa shape index (κ1) is 13.8. The van der Waals surface area contributed by atoms with E-state index in [1.54, 1.807) is 4.68 Å². The molecular weight excluding hydrogens is 240 g/mol. The Labute approximate surface area is 102 Å². The number of anilines is 2. The van der Waals surface area contributed by atoms with Crippen molar-refractivity contribution in [2.75, 3.05) is 29.6 Å². The lowest BCUT2D eigenvalue weighted by Crippen LogP contribution is -2.13. The van der Waals surface area contributed by atoms with Gasteiger partial charge in [0.15, 0.2) is 0 Å². The average Bonchev–Trinajstić information content (AvgIpc) is 2.49. The molecule has 0 aliphatic carbocycles. The highest BCUT2D eigenvalue weighted by atomic mass is 32.2. The first-order valence-corrected chi connectivity index (χ1v) is 7.65.